The Morgan fingerprint density at radius 2 is 1.65 bits per heavy atom. The summed E-state index contributed by atoms with van der Waals surface area (Å²) in [6.07, 6.45) is 7.93. The number of ketones is 1. The topological polar surface area (TPSA) is 90.9 Å². The average Bonchev–Trinajstić information content (AvgIpc) is 2.74. The number of Topliss-reactive ketones (excluding diaryl/α,β-unsaturated/α-hetero) is 1. The Morgan fingerprint density at radius 3 is 2.23 bits per heavy atom. The van der Waals surface area contributed by atoms with Gasteiger partial charge in [-0.15, -0.1) is 0 Å². The van der Waals surface area contributed by atoms with E-state index in [9.17, 15) is 14.4 Å². The number of methoxy groups -OCH3 is 2. The smallest absolute Gasteiger partial charge is 0.325 e. The first kappa shape index (κ1) is 21.7. The van der Waals surface area contributed by atoms with Crippen molar-refractivity contribution in [3.05, 3.63) is 23.8 Å². The number of nitrogens with one attached hydrogen (secondary N) is 1. The molecule has 0 aliphatic heterocycles. The zero-order chi connectivity index (χ0) is 22.0. The van der Waals surface area contributed by atoms with E-state index >= 15 is 0 Å². The number of carbonyl (C=O) groups is 3. The number of esters is 1. The fourth-order valence-corrected chi connectivity index (χ4v) is 6.39. The summed E-state index contributed by atoms with van der Waals surface area (Å²) in [4.78, 5) is 37.1. The monoisotopic (exact) mass is 429 g/mol. The zero-order valence-electron chi connectivity index (χ0n) is 18.3. The van der Waals surface area contributed by atoms with Gasteiger partial charge in [-0.25, -0.2) is 0 Å². The van der Waals surface area contributed by atoms with Gasteiger partial charge in [0.25, 0.3) is 0 Å². The Hall–Kier alpha value is -2.57. The molecule has 31 heavy (non-hydrogen) atoms. The van der Waals surface area contributed by atoms with E-state index in [0.29, 0.717) is 17.9 Å². The molecule has 1 aromatic carbocycles. The van der Waals surface area contributed by atoms with Crippen LogP contribution in [0, 0.1) is 23.2 Å². The Balaban J connectivity index is 1.23. The van der Waals surface area contributed by atoms with E-state index in [1.807, 2.05) is 0 Å². The molecule has 4 saturated carbocycles. The molecule has 4 fully saturated rings. The summed E-state index contributed by atoms with van der Waals surface area (Å²) in [5.41, 5.74) is 0.405. The van der Waals surface area contributed by atoms with Crippen LogP contribution in [0.5, 0.6) is 11.5 Å². The van der Waals surface area contributed by atoms with Gasteiger partial charge in [0.1, 0.15) is 18.0 Å². The van der Waals surface area contributed by atoms with Crippen LogP contribution in [-0.4, -0.2) is 45.0 Å². The summed E-state index contributed by atoms with van der Waals surface area (Å²) in [6, 6.07) is 4.85. The van der Waals surface area contributed by atoms with Gasteiger partial charge >= 0.3 is 5.97 Å². The van der Waals surface area contributed by atoms with Crippen LogP contribution in [0.1, 0.15) is 55.3 Å². The molecule has 0 radical (unpaired) electrons. The third-order valence-corrected chi connectivity index (χ3v) is 7.20. The van der Waals surface area contributed by atoms with Crippen LogP contribution < -0.4 is 14.8 Å². The predicted molar refractivity (Wildman–Crippen MR) is 113 cm³/mol. The molecule has 7 heteroatoms. The summed E-state index contributed by atoms with van der Waals surface area (Å²) in [5.74, 6) is 2.10. The maximum atomic E-state index is 12.5. The van der Waals surface area contributed by atoms with Crippen LogP contribution in [0.2, 0.25) is 0 Å². The predicted octanol–water partition coefficient (Wildman–Crippen LogP) is 3.15. The summed E-state index contributed by atoms with van der Waals surface area (Å²) >= 11 is 0. The lowest BCUT2D eigenvalue weighted by atomic mass is 9.49. The Kier molecular flexibility index (Phi) is 6.21. The summed E-state index contributed by atoms with van der Waals surface area (Å²) < 4.78 is 15.4. The highest BCUT2D eigenvalue weighted by molar-refractivity contribution is 6.00. The molecule has 1 N–H and O–H groups in total. The number of ether oxygens (including phenoxy) is 3. The zero-order valence-corrected chi connectivity index (χ0v) is 18.3. The molecule has 168 valence electrons. The van der Waals surface area contributed by atoms with Crippen LogP contribution >= 0.6 is 0 Å². The maximum Gasteiger partial charge on any atom is 0.325 e. The molecule has 4 aliphatic rings. The minimum Gasteiger partial charge on any atom is -0.497 e. The Morgan fingerprint density at radius 1 is 1.00 bits per heavy atom. The van der Waals surface area contributed by atoms with Crippen molar-refractivity contribution in [3.63, 3.8) is 0 Å². The number of hydrogen-bond acceptors (Lipinski definition) is 6. The van der Waals surface area contributed by atoms with E-state index < -0.39 is 18.4 Å². The molecule has 7 nitrogen and oxygen atoms in total. The van der Waals surface area contributed by atoms with E-state index in [-0.39, 0.29) is 23.4 Å². The fraction of sp³-hybridized carbons (Fsp3) is 0.625. The van der Waals surface area contributed by atoms with E-state index in [1.54, 1.807) is 18.2 Å². The normalized spacial score (nSPS) is 28.1. The highest BCUT2D eigenvalue weighted by Gasteiger charge is 2.51. The number of amides is 1. The standard InChI is InChI=1S/C24H31NO6/c1-29-18-3-4-21(30-2)19(8-18)20(26)14-31-23(28)13-25-22(27)12-24-9-15-5-16(10-24)7-17(6-15)11-24/h3-4,8,15-17H,5-7,9-14H2,1-2H3,(H,25,27). The molecule has 4 aliphatic carbocycles. The molecular formula is C24H31NO6. The van der Waals surface area contributed by atoms with Crippen molar-refractivity contribution in [2.24, 2.45) is 23.2 Å². The van der Waals surface area contributed by atoms with Gasteiger partial charge in [-0.2, -0.15) is 0 Å². The van der Waals surface area contributed by atoms with E-state index in [4.69, 9.17) is 14.2 Å². The van der Waals surface area contributed by atoms with Crippen molar-refractivity contribution in [2.75, 3.05) is 27.4 Å². The lowest BCUT2D eigenvalue weighted by Gasteiger charge is -2.56. The van der Waals surface area contributed by atoms with Crippen molar-refractivity contribution < 1.29 is 28.6 Å². The summed E-state index contributed by atoms with van der Waals surface area (Å²) in [6.45, 7) is -0.652. The molecule has 0 heterocycles. The second-order valence-electron chi connectivity index (χ2n) is 9.52. The molecule has 0 unspecified atom stereocenters. The van der Waals surface area contributed by atoms with E-state index in [1.165, 1.54) is 33.5 Å². The lowest BCUT2D eigenvalue weighted by Crippen LogP contribution is -2.48. The first-order valence-corrected chi connectivity index (χ1v) is 11.1. The number of benzene rings is 1. The quantitative estimate of drug-likeness (QED) is 0.479. The molecule has 5 rings (SSSR count). The van der Waals surface area contributed by atoms with Crippen LogP contribution in [0.4, 0.5) is 0 Å². The number of rotatable bonds is 9. The molecule has 0 saturated heterocycles. The highest BCUT2D eigenvalue weighted by atomic mass is 16.5. The molecule has 0 spiro atoms. The van der Waals surface area contributed by atoms with Crippen LogP contribution in [0.3, 0.4) is 0 Å². The SMILES string of the molecule is COc1ccc(OC)c(C(=O)COC(=O)CNC(=O)CC23CC4CC(CC(C4)C2)C3)c1. The highest BCUT2D eigenvalue weighted by Crippen LogP contribution is 2.61. The molecule has 4 bridgehead atoms. The first-order chi connectivity index (χ1) is 14.9. The van der Waals surface area contributed by atoms with E-state index in [2.05, 4.69) is 5.32 Å². The third-order valence-electron chi connectivity index (χ3n) is 7.20. The van der Waals surface area contributed by atoms with Gasteiger partial charge in [0, 0.05) is 6.42 Å². The van der Waals surface area contributed by atoms with Gasteiger partial charge in [0.2, 0.25) is 11.7 Å². The largest absolute Gasteiger partial charge is 0.497 e. The van der Waals surface area contributed by atoms with Crippen molar-refractivity contribution in [1.82, 2.24) is 5.32 Å². The van der Waals surface area contributed by atoms with Crippen molar-refractivity contribution in [3.8, 4) is 11.5 Å². The summed E-state index contributed by atoms with van der Waals surface area (Å²) in [5, 5.41) is 2.69. The molecule has 1 aromatic rings. The molecule has 0 aromatic heterocycles. The second-order valence-corrected chi connectivity index (χ2v) is 9.52. The van der Waals surface area contributed by atoms with Gasteiger partial charge in [-0.1, -0.05) is 0 Å². The van der Waals surface area contributed by atoms with Gasteiger partial charge in [-0.05, 0) is 79.9 Å². The Bertz CT molecular complexity index is 828. The Labute approximate surface area is 182 Å². The minimum absolute atomic E-state index is 0.0975. The van der Waals surface area contributed by atoms with Crippen molar-refractivity contribution in [2.45, 2.75) is 44.9 Å². The molecular weight excluding hydrogens is 398 g/mol. The van der Waals surface area contributed by atoms with Crippen molar-refractivity contribution >= 4 is 17.7 Å². The van der Waals surface area contributed by atoms with Crippen LogP contribution in [0.25, 0.3) is 0 Å². The average molecular weight is 430 g/mol. The van der Waals surface area contributed by atoms with Gasteiger partial charge in [0.15, 0.2) is 6.61 Å². The number of carbonyl (C=O) groups excluding carboxylic acids is 3. The van der Waals surface area contributed by atoms with Gasteiger partial charge < -0.3 is 19.5 Å². The third kappa shape index (κ3) is 4.86. The van der Waals surface area contributed by atoms with Crippen LogP contribution in [0.15, 0.2) is 18.2 Å². The van der Waals surface area contributed by atoms with Gasteiger partial charge in [0.05, 0.1) is 19.8 Å². The fourth-order valence-electron chi connectivity index (χ4n) is 6.39. The maximum absolute atomic E-state index is 12.5. The van der Waals surface area contributed by atoms with E-state index in [0.717, 1.165) is 37.0 Å². The van der Waals surface area contributed by atoms with Crippen LogP contribution in [-0.2, 0) is 14.3 Å². The first-order valence-electron chi connectivity index (χ1n) is 11.1. The molecule has 1 amide bonds. The summed E-state index contributed by atoms with van der Waals surface area (Å²) in [7, 11) is 2.96. The lowest BCUT2D eigenvalue weighted by molar-refractivity contribution is -0.143. The number of hydrogen-bond donors (Lipinski definition) is 1. The second kappa shape index (κ2) is 8.89. The molecule has 0 atom stereocenters. The minimum atomic E-state index is -0.630. The van der Waals surface area contributed by atoms with Gasteiger partial charge in [-0.3, -0.25) is 14.4 Å². The van der Waals surface area contributed by atoms with Crippen molar-refractivity contribution in [1.29, 1.82) is 0 Å².